The molecule has 3 heteroatoms. The third-order valence-electron chi connectivity index (χ3n) is 0.925. The molecule has 42 valence electrons. The van der Waals surface area contributed by atoms with E-state index in [1.165, 1.54) is 11.8 Å². The largest absolute Gasteiger partial charge is 0.257 e. The number of halogens is 2. The van der Waals surface area contributed by atoms with Crippen LogP contribution in [0.2, 0.25) is 0 Å². The molecule has 7 heavy (non-hydrogen) atoms. The number of rotatable bonds is 0. The smallest absolute Gasteiger partial charge is 0.206 e. The number of thioether (sulfide) groups is 1. The van der Waals surface area contributed by atoms with Gasteiger partial charge in [-0.2, -0.15) is 11.8 Å². The molecular weight excluding hydrogens is 118 g/mol. The highest BCUT2D eigenvalue weighted by Crippen LogP contribution is 2.32. The molecule has 0 amide bonds. The van der Waals surface area contributed by atoms with Crippen molar-refractivity contribution >= 4 is 11.8 Å². The Hall–Kier alpha value is 0.210. The summed E-state index contributed by atoms with van der Waals surface area (Å²) in [6.07, 6.45) is 0.0810. The summed E-state index contributed by atoms with van der Waals surface area (Å²) in [4.78, 5) is 0. The van der Waals surface area contributed by atoms with E-state index in [-0.39, 0.29) is 12.2 Å². The Bertz CT molecular complexity index is 64.1. The van der Waals surface area contributed by atoms with E-state index in [4.69, 9.17) is 0 Å². The van der Waals surface area contributed by atoms with Gasteiger partial charge >= 0.3 is 0 Å². The van der Waals surface area contributed by atoms with E-state index in [2.05, 4.69) is 0 Å². The van der Waals surface area contributed by atoms with Crippen LogP contribution in [0, 0.1) is 0 Å². The summed E-state index contributed by atoms with van der Waals surface area (Å²) in [6.45, 7) is 0. The summed E-state index contributed by atoms with van der Waals surface area (Å²) >= 11 is 1.33. The van der Waals surface area contributed by atoms with Crippen molar-refractivity contribution in [2.45, 2.75) is 12.3 Å². The summed E-state index contributed by atoms with van der Waals surface area (Å²) in [5.74, 6) is -1.68. The maximum Gasteiger partial charge on any atom is 0.257 e. The first kappa shape index (κ1) is 5.35. The first-order chi connectivity index (χ1) is 3.21. The topological polar surface area (TPSA) is 0 Å². The number of hydrogen-bond donors (Lipinski definition) is 0. The van der Waals surface area contributed by atoms with Crippen molar-refractivity contribution in [1.29, 1.82) is 0 Å². The summed E-state index contributed by atoms with van der Waals surface area (Å²) in [7, 11) is 0. The highest BCUT2D eigenvalue weighted by molar-refractivity contribution is 7.99. The van der Waals surface area contributed by atoms with Gasteiger partial charge in [0.1, 0.15) is 0 Å². The Morgan fingerprint density at radius 3 is 2.29 bits per heavy atom. The van der Waals surface area contributed by atoms with Crippen LogP contribution in [-0.4, -0.2) is 17.4 Å². The quantitative estimate of drug-likeness (QED) is 0.474. The van der Waals surface area contributed by atoms with Gasteiger partial charge in [-0.05, 0) is 5.75 Å². The first-order valence-corrected chi connectivity index (χ1v) is 3.32. The van der Waals surface area contributed by atoms with E-state index in [1.807, 2.05) is 0 Å². The van der Waals surface area contributed by atoms with Crippen molar-refractivity contribution in [3.8, 4) is 0 Å². The van der Waals surface area contributed by atoms with Gasteiger partial charge in [-0.25, -0.2) is 8.78 Å². The van der Waals surface area contributed by atoms with E-state index in [0.717, 1.165) is 0 Å². The Balaban J connectivity index is 2.40. The lowest BCUT2D eigenvalue weighted by atomic mass is 10.3. The molecule has 0 atom stereocenters. The van der Waals surface area contributed by atoms with Crippen LogP contribution < -0.4 is 0 Å². The fourth-order valence-corrected chi connectivity index (χ4v) is 1.55. The molecule has 0 bridgehead atoms. The molecule has 0 radical (unpaired) electrons. The average Bonchev–Trinajstić information content (AvgIpc) is 1.84. The second-order valence-corrected chi connectivity index (χ2v) is 2.76. The molecule has 1 aliphatic rings. The molecule has 1 saturated heterocycles. The van der Waals surface area contributed by atoms with Crippen molar-refractivity contribution in [2.75, 3.05) is 11.5 Å². The second kappa shape index (κ2) is 1.62. The van der Waals surface area contributed by atoms with Gasteiger partial charge in [-0.15, -0.1) is 0 Å². The predicted molar refractivity (Wildman–Crippen MR) is 26.9 cm³/mol. The third kappa shape index (κ3) is 1.30. The van der Waals surface area contributed by atoms with Crippen molar-refractivity contribution in [1.82, 2.24) is 0 Å². The maximum absolute atomic E-state index is 11.9. The van der Waals surface area contributed by atoms with Crippen molar-refractivity contribution in [3.63, 3.8) is 0 Å². The van der Waals surface area contributed by atoms with Crippen LogP contribution in [0.1, 0.15) is 6.42 Å². The summed E-state index contributed by atoms with van der Waals surface area (Å²) in [5, 5.41) is 0. The molecule has 1 fully saturated rings. The van der Waals surface area contributed by atoms with Crippen molar-refractivity contribution in [3.05, 3.63) is 0 Å². The van der Waals surface area contributed by atoms with Gasteiger partial charge in [0.25, 0.3) is 5.92 Å². The first-order valence-electron chi connectivity index (χ1n) is 2.16. The van der Waals surface area contributed by atoms with Gasteiger partial charge in [-0.3, -0.25) is 0 Å². The van der Waals surface area contributed by atoms with Crippen LogP contribution in [0.15, 0.2) is 0 Å². The van der Waals surface area contributed by atoms with Crippen LogP contribution in [0.4, 0.5) is 8.78 Å². The van der Waals surface area contributed by atoms with E-state index in [9.17, 15) is 8.78 Å². The molecule has 0 aromatic heterocycles. The van der Waals surface area contributed by atoms with Gasteiger partial charge in [0.15, 0.2) is 0 Å². The molecule has 0 saturated carbocycles. The minimum atomic E-state index is -2.34. The molecule has 0 unspecified atom stereocenters. The lowest BCUT2D eigenvalue weighted by Gasteiger charge is -2.01. The molecule has 0 aromatic carbocycles. The average molecular weight is 124 g/mol. The lowest BCUT2D eigenvalue weighted by molar-refractivity contribution is 0.0309. The number of alkyl halides is 2. The zero-order chi connectivity index (χ0) is 5.33. The Morgan fingerprint density at radius 2 is 2.14 bits per heavy atom. The minimum absolute atomic E-state index is 0.0347. The Kier molecular flexibility index (Phi) is 1.24. The fraction of sp³-hybridized carbons (Fsp3) is 1.00. The fourth-order valence-electron chi connectivity index (χ4n) is 0.515. The molecule has 1 rings (SSSR count). The van der Waals surface area contributed by atoms with Crippen molar-refractivity contribution in [2.24, 2.45) is 0 Å². The molecule has 0 N–H and O–H groups in total. The van der Waals surface area contributed by atoms with Crippen LogP contribution >= 0.6 is 11.8 Å². The molecule has 0 aromatic rings. The number of hydrogen-bond acceptors (Lipinski definition) is 1. The molecule has 1 heterocycles. The van der Waals surface area contributed by atoms with E-state index in [0.29, 0.717) is 5.75 Å². The third-order valence-corrected chi connectivity index (χ3v) is 2.04. The molecule has 0 nitrogen and oxygen atoms in total. The molecular formula is C4H6F2S. The van der Waals surface area contributed by atoms with Crippen LogP contribution in [0.3, 0.4) is 0 Å². The molecule has 0 spiro atoms. The molecule has 0 aliphatic carbocycles. The van der Waals surface area contributed by atoms with E-state index < -0.39 is 5.92 Å². The second-order valence-electron chi connectivity index (χ2n) is 1.66. The van der Waals surface area contributed by atoms with Gasteiger partial charge in [-0.1, -0.05) is 0 Å². The summed E-state index contributed by atoms with van der Waals surface area (Å²) in [6, 6.07) is 0. The van der Waals surface area contributed by atoms with Crippen LogP contribution in [0.25, 0.3) is 0 Å². The molecule has 1 aliphatic heterocycles. The van der Waals surface area contributed by atoms with Crippen LogP contribution in [0.5, 0.6) is 0 Å². The highest BCUT2D eigenvalue weighted by atomic mass is 32.2. The SMILES string of the molecule is FC1(F)CCSC1. The van der Waals surface area contributed by atoms with E-state index >= 15 is 0 Å². The maximum atomic E-state index is 11.9. The van der Waals surface area contributed by atoms with Gasteiger partial charge in [0.2, 0.25) is 0 Å². The van der Waals surface area contributed by atoms with E-state index in [1.54, 1.807) is 0 Å². The summed E-state index contributed by atoms with van der Waals surface area (Å²) in [5.41, 5.74) is 0. The zero-order valence-corrected chi connectivity index (χ0v) is 4.60. The Morgan fingerprint density at radius 1 is 1.43 bits per heavy atom. The van der Waals surface area contributed by atoms with Gasteiger partial charge < -0.3 is 0 Å². The zero-order valence-electron chi connectivity index (χ0n) is 3.79. The monoisotopic (exact) mass is 124 g/mol. The van der Waals surface area contributed by atoms with Gasteiger partial charge in [0.05, 0.1) is 5.75 Å². The summed E-state index contributed by atoms with van der Waals surface area (Å²) < 4.78 is 23.8. The highest BCUT2D eigenvalue weighted by Gasteiger charge is 2.33. The standard InChI is InChI=1S/C4H6F2S/c5-4(6)1-2-7-3-4/h1-3H2. The predicted octanol–water partition coefficient (Wildman–Crippen LogP) is 1.76. The minimum Gasteiger partial charge on any atom is -0.206 e. The lowest BCUT2D eigenvalue weighted by Crippen LogP contribution is -2.12. The van der Waals surface area contributed by atoms with Gasteiger partial charge in [0, 0.05) is 6.42 Å². The normalized spacial score (nSPS) is 28.3. The van der Waals surface area contributed by atoms with Crippen LogP contribution in [-0.2, 0) is 0 Å². The Labute approximate surface area is 45.3 Å². The van der Waals surface area contributed by atoms with Crippen molar-refractivity contribution < 1.29 is 8.78 Å².